The van der Waals surface area contributed by atoms with Crippen molar-refractivity contribution in [3.8, 4) is 0 Å². The lowest BCUT2D eigenvalue weighted by Crippen LogP contribution is -2.43. The van der Waals surface area contributed by atoms with Gasteiger partial charge >= 0.3 is 0 Å². The van der Waals surface area contributed by atoms with Crippen LogP contribution < -0.4 is 5.32 Å². The van der Waals surface area contributed by atoms with E-state index in [0.29, 0.717) is 5.41 Å². The summed E-state index contributed by atoms with van der Waals surface area (Å²) in [6.07, 6.45) is 9.91. The van der Waals surface area contributed by atoms with E-state index in [1.807, 2.05) is 0 Å². The average Bonchev–Trinajstić information content (AvgIpc) is 3.07. The monoisotopic (exact) mass is 252 g/mol. The lowest BCUT2D eigenvalue weighted by Gasteiger charge is -2.35. The van der Waals surface area contributed by atoms with E-state index in [4.69, 9.17) is 0 Å². The van der Waals surface area contributed by atoms with Crippen LogP contribution in [-0.4, -0.2) is 37.6 Å². The SMILES string of the molecule is CCC(C)CN(C)CC1(CNC2CC2)CCCC1. The largest absolute Gasteiger partial charge is 0.313 e. The predicted molar refractivity (Wildman–Crippen MR) is 78.9 cm³/mol. The molecule has 1 unspecified atom stereocenters. The van der Waals surface area contributed by atoms with Crippen LogP contribution in [0.3, 0.4) is 0 Å². The number of rotatable bonds is 8. The molecule has 0 spiro atoms. The lowest BCUT2D eigenvalue weighted by molar-refractivity contribution is 0.157. The second-order valence-electron chi connectivity index (χ2n) is 7.07. The molecule has 18 heavy (non-hydrogen) atoms. The molecule has 2 rings (SSSR count). The van der Waals surface area contributed by atoms with Crippen molar-refractivity contribution in [3.05, 3.63) is 0 Å². The van der Waals surface area contributed by atoms with Crippen molar-refractivity contribution < 1.29 is 0 Å². The molecular weight excluding hydrogens is 220 g/mol. The van der Waals surface area contributed by atoms with Gasteiger partial charge in [0.05, 0.1) is 0 Å². The molecule has 2 aliphatic carbocycles. The maximum absolute atomic E-state index is 3.79. The molecule has 0 aliphatic heterocycles. The van der Waals surface area contributed by atoms with E-state index in [0.717, 1.165) is 12.0 Å². The highest BCUT2D eigenvalue weighted by Crippen LogP contribution is 2.39. The van der Waals surface area contributed by atoms with Gasteiger partial charge in [-0.05, 0) is 44.1 Å². The maximum atomic E-state index is 3.79. The van der Waals surface area contributed by atoms with Gasteiger partial charge in [0.15, 0.2) is 0 Å². The van der Waals surface area contributed by atoms with Crippen LogP contribution in [-0.2, 0) is 0 Å². The standard InChI is InChI=1S/C16H32N2/c1-4-14(2)11-18(3)13-16(9-5-6-10-16)12-17-15-7-8-15/h14-15,17H,4-13H2,1-3H3. The van der Waals surface area contributed by atoms with Crippen molar-refractivity contribution in [2.75, 3.05) is 26.7 Å². The van der Waals surface area contributed by atoms with Gasteiger partial charge < -0.3 is 10.2 Å². The first-order chi connectivity index (χ1) is 8.63. The first-order valence-electron chi connectivity index (χ1n) is 8.05. The first kappa shape index (κ1) is 14.3. The molecule has 0 bridgehead atoms. The Hall–Kier alpha value is -0.0800. The Morgan fingerprint density at radius 3 is 2.50 bits per heavy atom. The third-order valence-electron chi connectivity index (χ3n) is 4.93. The fourth-order valence-corrected chi connectivity index (χ4v) is 3.46. The van der Waals surface area contributed by atoms with Crippen LogP contribution in [0, 0.1) is 11.3 Å². The Labute approximate surface area is 114 Å². The Bertz CT molecular complexity index is 241. The molecular formula is C16H32N2. The number of hydrogen-bond acceptors (Lipinski definition) is 2. The Kier molecular flexibility index (Phi) is 5.08. The lowest BCUT2D eigenvalue weighted by atomic mass is 9.85. The van der Waals surface area contributed by atoms with Gasteiger partial charge in [-0.2, -0.15) is 0 Å². The van der Waals surface area contributed by atoms with E-state index in [9.17, 15) is 0 Å². The molecule has 0 heterocycles. The molecule has 2 fully saturated rings. The van der Waals surface area contributed by atoms with Gasteiger partial charge in [0.25, 0.3) is 0 Å². The zero-order chi connectivity index (χ0) is 13.0. The van der Waals surface area contributed by atoms with Crippen LogP contribution in [0.5, 0.6) is 0 Å². The van der Waals surface area contributed by atoms with E-state index in [-0.39, 0.29) is 0 Å². The number of hydrogen-bond donors (Lipinski definition) is 1. The van der Waals surface area contributed by atoms with Gasteiger partial charge in [-0.15, -0.1) is 0 Å². The molecule has 0 saturated heterocycles. The maximum Gasteiger partial charge on any atom is 0.00684 e. The fraction of sp³-hybridized carbons (Fsp3) is 1.00. The Balaban J connectivity index is 1.80. The van der Waals surface area contributed by atoms with E-state index in [1.165, 1.54) is 64.6 Å². The van der Waals surface area contributed by atoms with E-state index >= 15 is 0 Å². The van der Waals surface area contributed by atoms with Gasteiger partial charge in [0, 0.05) is 25.7 Å². The van der Waals surface area contributed by atoms with E-state index in [2.05, 4.69) is 31.1 Å². The molecule has 1 atom stereocenters. The van der Waals surface area contributed by atoms with Gasteiger partial charge in [0.1, 0.15) is 0 Å². The quantitative estimate of drug-likeness (QED) is 0.713. The van der Waals surface area contributed by atoms with Crippen LogP contribution in [0.15, 0.2) is 0 Å². The van der Waals surface area contributed by atoms with Crippen LogP contribution in [0.4, 0.5) is 0 Å². The summed E-state index contributed by atoms with van der Waals surface area (Å²) in [5, 5.41) is 3.79. The van der Waals surface area contributed by atoms with Gasteiger partial charge in [-0.3, -0.25) is 0 Å². The van der Waals surface area contributed by atoms with Crippen molar-refractivity contribution in [3.63, 3.8) is 0 Å². The smallest absolute Gasteiger partial charge is 0.00684 e. The summed E-state index contributed by atoms with van der Waals surface area (Å²) >= 11 is 0. The zero-order valence-corrected chi connectivity index (χ0v) is 12.7. The summed E-state index contributed by atoms with van der Waals surface area (Å²) < 4.78 is 0. The average molecular weight is 252 g/mol. The molecule has 2 heteroatoms. The fourth-order valence-electron chi connectivity index (χ4n) is 3.46. The van der Waals surface area contributed by atoms with Crippen LogP contribution in [0.25, 0.3) is 0 Å². The minimum absolute atomic E-state index is 0.588. The second kappa shape index (κ2) is 6.38. The highest BCUT2D eigenvalue weighted by Gasteiger charge is 2.36. The third kappa shape index (κ3) is 4.24. The summed E-state index contributed by atoms with van der Waals surface area (Å²) in [5.74, 6) is 0.838. The zero-order valence-electron chi connectivity index (χ0n) is 12.7. The summed E-state index contributed by atoms with van der Waals surface area (Å²) in [7, 11) is 2.32. The second-order valence-corrected chi connectivity index (χ2v) is 7.07. The van der Waals surface area contributed by atoms with Gasteiger partial charge in [-0.25, -0.2) is 0 Å². The van der Waals surface area contributed by atoms with Gasteiger partial charge in [0.2, 0.25) is 0 Å². The first-order valence-corrected chi connectivity index (χ1v) is 8.05. The normalized spacial score (nSPS) is 24.7. The molecule has 2 aliphatic rings. The van der Waals surface area contributed by atoms with Gasteiger partial charge in [-0.1, -0.05) is 33.1 Å². The van der Waals surface area contributed by atoms with Crippen molar-refractivity contribution in [1.82, 2.24) is 10.2 Å². The molecule has 106 valence electrons. The number of nitrogens with zero attached hydrogens (tertiary/aromatic N) is 1. The van der Waals surface area contributed by atoms with Crippen molar-refractivity contribution in [1.29, 1.82) is 0 Å². The molecule has 2 saturated carbocycles. The topological polar surface area (TPSA) is 15.3 Å². The van der Waals surface area contributed by atoms with Crippen LogP contribution in [0.1, 0.15) is 58.8 Å². The summed E-state index contributed by atoms with van der Waals surface area (Å²) in [5.41, 5.74) is 0.588. The Morgan fingerprint density at radius 2 is 1.94 bits per heavy atom. The minimum atomic E-state index is 0.588. The molecule has 1 N–H and O–H groups in total. The van der Waals surface area contributed by atoms with Crippen LogP contribution in [0.2, 0.25) is 0 Å². The molecule has 0 aromatic heterocycles. The highest BCUT2D eigenvalue weighted by atomic mass is 15.1. The molecule has 0 radical (unpaired) electrons. The van der Waals surface area contributed by atoms with E-state index < -0.39 is 0 Å². The highest BCUT2D eigenvalue weighted by molar-refractivity contribution is 4.92. The molecule has 0 aromatic rings. The van der Waals surface area contributed by atoms with Crippen molar-refractivity contribution >= 4 is 0 Å². The molecule has 2 nitrogen and oxygen atoms in total. The summed E-state index contributed by atoms with van der Waals surface area (Å²) in [6.45, 7) is 8.51. The van der Waals surface area contributed by atoms with E-state index in [1.54, 1.807) is 0 Å². The van der Waals surface area contributed by atoms with Crippen molar-refractivity contribution in [2.45, 2.75) is 64.8 Å². The minimum Gasteiger partial charge on any atom is -0.313 e. The van der Waals surface area contributed by atoms with Crippen LogP contribution >= 0.6 is 0 Å². The third-order valence-corrected chi connectivity index (χ3v) is 4.93. The molecule has 0 amide bonds. The Morgan fingerprint density at radius 1 is 1.28 bits per heavy atom. The number of nitrogens with one attached hydrogen (secondary N) is 1. The summed E-state index contributed by atoms with van der Waals surface area (Å²) in [4.78, 5) is 2.59. The van der Waals surface area contributed by atoms with Crippen molar-refractivity contribution in [2.24, 2.45) is 11.3 Å². The molecule has 0 aromatic carbocycles. The predicted octanol–water partition coefficient (Wildman–Crippen LogP) is 3.28. The summed E-state index contributed by atoms with van der Waals surface area (Å²) in [6, 6.07) is 0.863.